The molecule has 1 aromatic carbocycles. The number of rotatable bonds is 4. The zero-order chi connectivity index (χ0) is 20.4. The molecule has 6 nitrogen and oxygen atoms in total. The Bertz CT molecular complexity index is 934. The van der Waals surface area contributed by atoms with E-state index in [1.165, 1.54) is 17.5 Å². The van der Waals surface area contributed by atoms with Gasteiger partial charge in [-0.2, -0.15) is 0 Å². The lowest BCUT2D eigenvalue weighted by Crippen LogP contribution is -2.41. The molecule has 6 heteroatoms. The monoisotopic (exact) mass is 392 g/mol. The summed E-state index contributed by atoms with van der Waals surface area (Å²) in [5.41, 5.74) is 4.19. The summed E-state index contributed by atoms with van der Waals surface area (Å²) in [5.74, 6) is 0.141. The van der Waals surface area contributed by atoms with Crippen LogP contribution in [-0.2, 0) is 17.6 Å². The highest BCUT2D eigenvalue weighted by molar-refractivity contribution is 6.17. The molecule has 1 saturated heterocycles. The van der Waals surface area contributed by atoms with Gasteiger partial charge in [-0.25, -0.2) is 4.98 Å². The predicted octanol–water partition coefficient (Wildman–Crippen LogP) is 3.92. The normalized spacial score (nSPS) is 16.6. The first-order chi connectivity index (χ1) is 14.1. The molecule has 4 rings (SSSR count). The first-order valence-electron chi connectivity index (χ1n) is 10.6. The zero-order valence-corrected chi connectivity index (χ0v) is 17.2. The number of hydrogen-bond acceptors (Lipinski definition) is 4. The second-order valence-electron chi connectivity index (χ2n) is 7.74. The predicted molar refractivity (Wildman–Crippen MR) is 115 cm³/mol. The molecule has 152 valence electrons. The SMILES string of the molecule is CCc1cc2c(cc1CC)N(C(=O)CN1CCCCC1)c1ncccc1C(=O)N2. The summed E-state index contributed by atoms with van der Waals surface area (Å²) in [5, 5.41) is 3.01. The topological polar surface area (TPSA) is 65.5 Å². The van der Waals surface area contributed by atoms with Crippen LogP contribution < -0.4 is 10.2 Å². The van der Waals surface area contributed by atoms with Gasteiger partial charge in [0.15, 0.2) is 5.82 Å². The summed E-state index contributed by atoms with van der Waals surface area (Å²) >= 11 is 0. The van der Waals surface area contributed by atoms with E-state index >= 15 is 0 Å². The summed E-state index contributed by atoms with van der Waals surface area (Å²) < 4.78 is 0. The number of fused-ring (bicyclic) bond motifs is 2. The molecule has 0 saturated carbocycles. The van der Waals surface area contributed by atoms with Crippen molar-refractivity contribution in [2.24, 2.45) is 0 Å². The Kier molecular flexibility index (Phi) is 5.62. The smallest absolute Gasteiger partial charge is 0.259 e. The number of aryl methyl sites for hydroxylation is 2. The van der Waals surface area contributed by atoms with Gasteiger partial charge in [-0.3, -0.25) is 19.4 Å². The molecular formula is C23H28N4O2. The molecule has 0 spiro atoms. The lowest BCUT2D eigenvalue weighted by Gasteiger charge is -2.30. The Balaban J connectivity index is 1.82. The first-order valence-corrected chi connectivity index (χ1v) is 10.6. The fourth-order valence-electron chi connectivity index (χ4n) is 4.31. The molecule has 2 aromatic rings. The van der Waals surface area contributed by atoms with Gasteiger partial charge in [0.1, 0.15) is 0 Å². The van der Waals surface area contributed by atoms with Crippen molar-refractivity contribution in [1.82, 2.24) is 9.88 Å². The highest BCUT2D eigenvalue weighted by atomic mass is 16.2. The van der Waals surface area contributed by atoms with Gasteiger partial charge in [0.2, 0.25) is 5.91 Å². The van der Waals surface area contributed by atoms with Gasteiger partial charge in [0, 0.05) is 6.20 Å². The zero-order valence-electron chi connectivity index (χ0n) is 17.2. The number of amides is 2. The molecule has 2 aliphatic rings. The molecule has 29 heavy (non-hydrogen) atoms. The van der Waals surface area contributed by atoms with Crippen molar-refractivity contribution in [3.8, 4) is 0 Å². The van der Waals surface area contributed by atoms with E-state index in [9.17, 15) is 9.59 Å². The van der Waals surface area contributed by atoms with Crippen LogP contribution in [-0.4, -0.2) is 41.3 Å². The third kappa shape index (κ3) is 3.77. The van der Waals surface area contributed by atoms with Crippen LogP contribution in [0.25, 0.3) is 0 Å². The van der Waals surface area contributed by atoms with E-state index in [0.717, 1.165) is 38.8 Å². The van der Waals surface area contributed by atoms with Crippen LogP contribution in [0.1, 0.15) is 54.6 Å². The molecule has 1 fully saturated rings. The number of pyridine rings is 1. The third-order valence-electron chi connectivity index (χ3n) is 5.87. The quantitative estimate of drug-likeness (QED) is 0.856. The summed E-state index contributed by atoms with van der Waals surface area (Å²) in [4.78, 5) is 34.7. The number of nitrogens with one attached hydrogen (secondary N) is 1. The summed E-state index contributed by atoms with van der Waals surface area (Å²) in [7, 11) is 0. The first kappa shape index (κ1) is 19.6. The van der Waals surface area contributed by atoms with E-state index in [4.69, 9.17) is 0 Å². The molecule has 2 aliphatic heterocycles. The fourth-order valence-corrected chi connectivity index (χ4v) is 4.31. The fraction of sp³-hybridized carbons (Fsp3) is 0.435. The van der Waals surface area contributed by atoms with Crippen molar-refractivity contribution in [1.29, 1.82) is 0 Å². The van der Waals surface area contributed by atoms with E-state index in [2.05, 4.69) is 29.0 Å². The second-order valence-corrected chi connectivity index (χ2v) is 7.74. The lowest BCUT2D eigenvalue weighted by molar-refractivity contribution is -0.119. The van der Waals surface area contributed by atoms with E-state index in [1.54, 1.807) is 23.2 Å². The van der Waals surface area contributed by atoms with Gasteiger partial charge in [-0.1, -0.05) is 20.3 Å². The van der Waals surface area contributed by atoms with Crippen LogP contribution >= 0.6 is 0 Å². The average Bonchev–Trinajstić information content (AvgIpc) is 2.87. The van der Waals surface area contributed by atoms with Crippen LogP contribution in [0.2, 0.25) is 0 Å². The van der Waals surface area contributed by atoms with Gasteiger partial charge in [-0.15, -0.1) is 0 Å². The minimum Gasteiger partial charge on any atom is -0.320 e. The Morgan fingerprint density at radius 2 is 1.83 bits per heavy atom. The van der Waals surface area contributed by atoms with Gasteiger partial charge in [0.25, 0.3) is 5.91 Å². The van der Waals surface area contributed by atoms with Crippen molar-refractivity contribution in [3.05, 3.63) is 47.2 Å². The number of carbonyl (C=O) groups excluding carboxylic acids is 2. The Morgan fingerprint density at radius 3 is 2.55 bits per heavy atom. The highest BCUT2D eigenvalue weighted by Crippen LogP contribution is 2.39. The van der Waals surface area contributed by atoms with Crippen LogP contribution in [0.15, 0.2) is 30.5 Å². The van der Waals surface area contributed by atoms with Crippen molar-refractivity contribution in [2.75, 3.05) is 29.9 Å². The molecule has 0 atom stereocenters. The van der Waals surface area contributed by atoms with Crippen molar-refractivity contribution in [3.63, 3.8) is 0 Å². The van der Waals surface area contributed by atoms with Gasteiger partial charge >= 0.3 is 0 Å². The lowest BCUT2D eigenvalue weighted by atomic mass is 10.00. The largest absolute Gasteiger partial charge is 0.320 e. The second kappa shape index (κ2) is 8.33. The number of nitrogens with zero attached hydrogens (tertiary/aromatic N) is 3. The Hall–Kier alpha value is -2.73. The van der Waals surface area contributed by atoms with Crippen LogP contribution in [0.3, 0.4) is 0 Å². The third-order valence-corrected chi connectivity index (χ3v) is 5.87. The number of anilines is 3. The summed E-state index contributed by atoms with van der Waals surface area (Å²) in [6, 6.07) is 7.52. The summed E-state index contributed by atoms with van der Waals surface area (Å²) in [6.07, 6.45) is 6.85. The van der Waals surface area contributed by atoms with E-state index in [1.807, 2.05) is 12.1 Å². The van der Waals surface area contributed by atoms with Crippen molar-refractivity contribution in [2.45, 2.75) is 46.0 Å². The maximum Gasteiger partial charge on any atom is 0.259 e. The Labute approximate surface area is 171 Å². The van der Waals surface area contributed by atoms with Crippen molar-refractivity contribution < 1.29 is 9.59 Å². The Morgan fingerprint density at radius 1 is 1.10 bits per heavy atom. The number of benzene rings is 1. The highest BCUT2D eigenvalue weighted by Gasteiger charge is 2.32. The van der Waals surface area contributed by atoms with Crippen molar-refractivity contribution >= 4 is 29.0 Å². The van der Waals surface area contributed by atoms with Gasteiger partial charge in [0.05, 0.1) is 23.5 Å². The van der Waals surface area contributed by atoms with Gasteiger partial charge in [-0.05, 0) is 74.2 Å². The van der Waals surface area contributed by atoms with E-state index < -0.39 is 0 Å². The maximum atomic E-state index is 13.5. The minimum absolute atomic E-state index is 0.0455. The van der Waals surface area contributed by atoms with Crippen LogP contribution in [0.4, 0.5) is 17.2 Å². The number of aromatic nitrogens is 1. The van der Waals surface area contributed by atoms with Gasteiger partial charge < -0.3 is 5.32 Å². The molecule has 2 amide bonds. The molecule has 0 aliphatic carbocycles. The van der Waals surface area contributed by atoms with E-state index in [0.29, 0.717) is 29.3 Å². The molecule has 1 N–H and O–H groups in total. The molecule has 3 heterocycles. The standard InChI is InChI=1S/C23H28N4O2/c1-3-16-13-19-20(14-17(16)4-2)27(21(28)15-26-11-6-5-7-12-26)22-18(23(29)25-19)9-8-10-24-22/h8-10,13-14H,3-7,11-12,15H2,1-2H3,(H,25,29). The van der Waals surface area contributed by atoms with Crippen LogP contribution in [0.5, 0.6) is 0 Å². The summed E-state index contributed by atoms with van der Waals surface area (Å²) in [6.45, 7) is 6.43. The minimum atomic E-state index is -0.228. The van der Waals surface area contributed by atoms with E-state index in [-0.39, 0.29) is 11.8 Å². The molecular weight excluding hydrogens is 364 g/mol. The van der Waals surface area contributed by atoms with Crippen LogP contribution in [0, 0.1) is 0 Å². The molecule has 0 bridgehead atoms. The molecule has 0 unspecified atom stereocenters. The number of hydrogen-bond donors (Lipinski definition) is 1. The molecule has 1 aromatic heterocycles. The average molecular weight is 393 g/mol. The maximum absolute atomic E-state index is 13.5. The number of piperidine rings is 1. The number of likely N-dealkylation sites (tertiary alicyclic amines) is 1. The number of carbonyl (C=O) groups is 2. The molecule has 0 radical (unpaired) electrons.